The zero-order valence-electron chi connectivity index (χ0n) is 10.7. The van der Waals surface area contributed by atoms with Gasteiger partial charge in [0.25, 0.3) is 0 Å². The van der Waals surface area contributed by atoms with E-state index in [0.717, 1.165) is 24.9 Å². The van der Waals surface area contributed by atoms with Crippen LogP contribution in [-0.4, -0.2) is 9.55 Å². The molecule has 0 saturated carbocycles. The molecule has 2 aromatic heterocycles. The standard InChI is InChI=1S/C15H16N4/c16-7-13-6-11(4-5-18-13)8-19-9-12-2-1-3-15(17)14(12)10-19/h4-6,9-10,15H,1-3,8,17H2. The molecule has 0 amide bonds. The van der Waals surface area contributed by atoms with Crippen LogP contribution in [0.5, 0.6) is 0 Å². The van der Waals surface area contributed by atoms with Gasteiger partial charge in [0.1, 0.15) is 11.8 Å². The van der Waals surface area contributed by atoms with Gasteiger partial charge in [-0.1, -0.05) is 0 Å². The number of hydrogen-bond donors (Lipinski definition) is 1. The zero-order valence-corrected chi connectivity index (χ0v) is 10.7. The van der Waals surface area contributed by atoms with Crippen molar-refractivity contribution in [1.29, 1.82) is 5.26 Å². The first-order chi connectivity index (χ1) is 9.26. The van der Waals surface area contributed by atoms with Crippen molar-refractivity contribution in [2.75, 3.05) is 0 Å². The topological polar surface area (TPSA) is 67.6 Å². The first-order valence-electron chi connectivity index (χ1n) is 6.55. The van der Waals surface area contributed by atoms with E-state index in [0.29, 0.717) is 5.69 Å². The first-order valence-corrected chi connectivity index (χ1v) is 6.55. The lowest BCUT2D eigenvalue weighted by molar-refractivity contribution is 0.573. The van der Waals surface area contributed by atoms with Crippen LogP contribution in [0.4, 0.5) is 0 Å². The largest absolute Gasteiger partial charge is 0.349 e. The van der Waals surface area contributed by atoms with Crippen molar-refractivity contribution in [2.24, 2.45) is 5.73 Å². The van der Waals surface area contributed by atoms with E-state index < -0.39 is 0 Å². The molecule has 1 aliphatic rings. The number of aromatic nitrogens is 2. The summed E-state index contributed by atoms with van der Waals surface area (Å²) in [5.41, 5.74) is 10.3. The molecule has 0 saturated heterocycles. The van der Waals surface area contributed by atoms with Crippen LogP contribution in [0, 0.1) is 11.3 Å². The van der Waals surface area contributed by atoms with Crippen LogP contribution in [0.1, 0.15) is 41.3 Å². The van der Waals surface area contributed by atoms with Crippen LogP contribution < -0.4 is 5.73 Å². The number of fused-ring (bicyclic) bond motifs is 1. The molecule has 0 radical (unpaired) electrons. The molecular weight excluding hydrogens is 236 g/mol. The highest BCUT2D eigenvalue weighted by molar-refractivity contribution is 5.31. The maximum absolute atomic E-state index is 8.86. The Kier molecular flexibility index (Phi) is 3.06. The summed E-state index contributed by atoms with van der Waals surface area (Å²) in [6.45, 7) is 0.761. The molecule has 0 fully saturated rings. The minimum absolute atomic E-state index is 0.178. The third-order valence-electron chi connectivity index (χ3n) is 3.66. The Morgan fingerprint density at radius 1 is 1.47 bits per heavy atom. The number of nitrogens with zero attached hydrogens (tertiary/aromatic N) is 3. The van der Waals surface area contributed by atoms with Gasteiger partial charge in [0.05, 0.1) is 0 Å². The minimum atomic E-state index is 0.178. The van der Waals surface area contributed by atoms with Gasteiger partial charge in [-0.05, 0) is 48.1 Å². The lowest BCUT2D eigenvalue weighted by Gasteiger charge is -2.17. The third-order valence-corrected chi connectivity index (χ3v) is 3.66. The van der Waals surface area contributed by atoms with Crippen molar-refractivity contribution in [3.05, 3.63) is 53.1 Å². The summed E-state index contributed by atoms with van der Waals surface area (Å²) >= 11 is 0. The molecule has 0 aromatic carbocycles. The molecule has 1 aliphatic carbocycles. The van der Waals surface area contributed by atoms with Crippen LogP contribution in [0.15, 0.2) is 30.7 Å². The number of rotatable bonds is 2. The summed E-state index contributed by atoms with van der Waals surface area (Å²) in [5, 5.41) is 8.86. The maximum atomic E-state index is 8.86. The molecule has 2 heterocycles. The van der Waals surface area contributed by atoms with Gasteiger partial charge >= 0.3 is 0 Å². The smallest absolute Gasteiger partial charge is 0.140 e. The Hall–Kier alpha value is -2.12. The lowest BCUT2D eigenvalue weighted by Crippen LogP contribution is -2.15. The van der Waals surface area contributed by atoms with E-state index in [1.807, 2.05) is 12.1 Å². The molecule has 2 aromatic rings. The van der Waals surface area contributed by atoms with Gasteiger partial charge in [0.15, 0.2) is 0 Å². The van der Waals surface area contributed by atoms with Crippen LogP contribution >= 0.6 is 0 Å². The predicted molar refractivity (Wildman–Crippen MR) is 72.4 cm³/mol. The third kappa shape index (κ3) is 2.38. The highest BCUT2D eigenvalue weighted by Crippen LogP contribution is 2.28. The Morgan fingerprint density at radius 3 is 3.16 bits per heavy atom. The van der Waals surface area contributed by atoms with E-state index in [9.17, 15) is 0 Å². The fourth-order valence-electron chi connectivity index (χ4n) is 2.72. The van der Waals surface area contributed by atoms with E-state index >= 15 is 0 Å². The van der Waals surface area contributed by atoms with E-state index in [4.69, 9.17) is 11.0 Å². The monoisotopic (exact) mass is 252 g/mol. The fourth-order valence-corrected chi connectivity index (χ4v) is 2.72. The average molecular weight is 252 g/mol. The van der Waals surface area contributed by atoms with Crippen LogP contribution in [0.25, 0.3) is 0 Å². The van der Waals surface area contributed by atoms with Gasteiger partial charge in [0.2, 0.25) is 0 Å². The van der Waals surface area contributed by atoms with Crippen molar-refractivity contribution in [3.63, 3.8) is 0 Å². The molecule has 4 heteroatoms. The first kappa shape index (κ1) is 11.9. The fraction of sp³-hybridized carbons (Fsp3) is 0.333. The molecule has 0 aliphatic heterocycles. The van der Waals surface area contributed by atoms with E-state index in [2.05, 4.69) is 28.0 Å². The molecule has 1 unspecified atom stereocenters. The van der Waals surface area contributed by atoms with E-state index in [-0.39, 0.29) is 6.04 Å². The van der Waals surface area contributed by atoms with Gasteiger partial charge in [-0.15, -0.1) is 0 Å². The Balaban J connectivity index is 1.86. The number of nitrogens with two attached hydrogens (primary N) is 1. The van der Waals surface area contributed by atoms with Crippen LogP contribution in [0.2, 0.25) is 0 Å². The highest BCUT2D eigenvalue weighted by Gasteiger charge is 2.18. The number of hydrogen-bond acceptors (Lipinski definition) is 3. The molecule has 0 bridgehead atoms. The summed E-state index contributed by atoms with van der Waals surface area (Å²) in [6.07, 6.45) is 9.38. The van der Waals surface area contributed by atoms with Gasteiger partial charge < -0.3 is 10.3 Å². The van der Waals surface area contributed by atoms with Crippen molar-refractivity contribution < 1.29 is 0 Å². The highest BCUT2D eigenvalue weighted by atomic mass is 14.9. The van der Waals surface area contributed by atoms with Crippen molar-refractivity contribution in [3.8, 4) is 6.07 Å². The summed E-state index contributed by atoms with van der Waals surface area (Å²) < 4.78 is 2.16. The van der Waals surface area contributed by atoms with Crippen LogP contribution in [-0.2, 0) is 13.0 Å². The summed E-state index contributed by atoms with van der Waals surface area (Å²) in [7, 11) is 0. The van der Waals surface area contributed by atoms with Crippen molar-refractivity contribution >= 4 is 0 Å². The second-order valence-electron chi connectivity index (χ2n) is 5.07. The van der Waals surface area contributed by atoms with E-state index in [1.165, 1.54) is 17.5 Å². The molecule has 19 heavy (non-hydrogen) atoms. The van der Waals surface area contributed by atoms with Gasteiger partial charge in [0, 0.05) is 31.2 Å². The van der Waals surface area contributed by atoms with E-state index in [1.54, 1.807) is 6.20 Å². The SMILES string of the molecule is N#Cc1cc(Cn2cc3c(c2)C(N)CCC3)ccn1. The summed E-state index contributed by atoms with van der Waals surface area (Å²) in [4.78, 5) is 3.99. The molecule has 0 spiro atoms. The molecule has 3 rings (SSSR count). The summed E-state index contributed by atoms with van der Waals surface area (Å²) in [6, 6.07) is 6.02. The molecule has 1 atom stereocenters. The second kappa shape index (κ2) is 4.87. The van der Waals surface area contributed by atoms with Gasteiger partial charge in [-0.25, -0.2) is 4.98 Å². The normalized spacial score (nSPS) is 17.8. The van der Waals surface area contributed by atoms with Gasteiger partial charge in [-0.3, -0.25) is 0 Å². The second-order valence-corrected chi connectivity index (χ2v) is 5.07. The molecular formula is C15H16N4. The minimum Gasteiger partial charge on any atom is -0.349 e. The van der Waals surface area contributed by atoms with Crippen LogP contribution in [0.3, 0.4) is 0 Å². The lowest BCUT2D eigenvalue weighted by atomic mass is 9.92. The average Bonchev–Trinajstić information content (AvgIpc) is 2.83. The van der Waals surface area contributed by atoms with Gasteiger partial charge in [-0.2, -0.15) is 5.26 Å². The number of aryl methyl sites for hydroxylation is 1. The predicted octanol–water partition coefficient (Wildman–Crippen LogP) is 2.14. The summed E-state index contributed by atoms with van der Waals surface area (Å²) in [5.74, 6) is 0. The Bertz CT molecular complexity index is 636. The Morgan fingerprint density at radius 2 is 2.37 bits per heavy atom. The quantitative estimate of drug-likeness (QED) is 0.890. The number of pyridine rings is 1. The molecule has 96 valence electrons. The van der Waals surface area contributed by atoms with Crippen molar-refractivity contribution in [1.82, 2.24) is 9.55 Å². The molecule has 2 N–H and O–H groups in total. The zero-order chi connectivity index (χ0) is 13.2. The number of nitriles is 1. The Labute approximate surface area is 112 Å². The van der Waals surface area contributed by atoms with Crippen molar-refractivity contribution in [2.45, 2.75) is 31.8 Å². The maximum Gasteiger partial charge on any atom is 0.140 e. The molecule has 4 nitrogen and oxygen atoms in total.